The molecule has 13 heavy (non-hydrogen) atoms. The summed E-state index contributed by atoms with van der Waals surface area (Å²) < 4.78 is 0. The van der Waals surface area contributed by atoms with Gasteiger partial charge in [0.2, 0.25) is 0 Å². The van der Waals surface area contributed by atoms with Gasteiger partial charge in [0.05, 0.1) is 0 Å². The summed E-state index contributed by atoms with van der Waals surface area (Å²) in [6.07, 6.45) is 2.49. The first-order valence-electron chi connectivity index (χ1n) is 5.21. The van der Waals surface area contributed by atoms with Gasteiger partial charge < -0.3 is 4.90 Å². The Morgan fingerprint density at radius 2 is 2.08 bits per heavy atom. The van der Waals surface area contributed by atoms with Crippen LogP contribution in [0.25, 0.3) is 0 Å². The van der Waals surface area contributed by atoms with Crippen molar-refractivity contribution in [2.45, 2.75) is 32.7 Å². The first-order chi connectivity index (χ1) is 6.36. The average molecular weight is 175 g/mol. The Labute approximate surface area is 80.4 Å². The molecule has 0 amide bonds. The fraction of sp³-hybridized carbons (Fsp3) is 0.500. The van der Waals surface area contributed by atoms with Gasteiger partial charge in [-0.1, -0.05) is 25.1 Å². The summed E-state index contributed by atoms with van der Waals surface area (Å²) in [7, 11) is 0. The van der Waals surface area contributed by atoms with Gasteiger partial charge in [-0.3, -0.25) is 0 Å². The maximum Gasteiger partial charge on any atom is 0.0402 e. The Balaban J connectivity index is 2.34. The standard InChI is InChI=1S/C12H17N/c1-3-11-9-10-7-5-6-8-12(10)13(11)4-2/h5-8,11H,3-4,9H2,1-2H3/t11-/m1/s1. The summed E-state index contributed by atoms with van der Waals surface area (Å²) in [6.45, 7) is 5.65. The Morgan fingerprint density at radius 1 is 1.31 bits per heavy atom. The number of likely N-dealkylation sites (N-methyl/N-ethyl adjacent to an activating group) is 1. The highest BCUT2D eigenvalue weighted by atomic mass is 15.2. The quantitative estimate of drug-likeness (QED) is 0.668. The minimum atomic E-state index is 0.738. The van der Waals surface area contributed by atoms with Crippen molar-refractivity contribution >= 4 is 5.69 Å². The van der Waals surface area contributed by atoms with Crippen molar-refractivity contribution in [3.8, 4) is 0 Å². The van der Waals surface area contributed by atoms with Gasteiger partial charge in [0.25, 0.3) is 0 Å². The maximum absolute atomic E-state index is 2.52. The topological polar surface area (TPSA) is 3.24 Å². The van der Waals surface area contributed by atoms with E-state index in [4.69, 9.17) is 0 Å². The number of benzene rings is 1. The molecular formula is C12H17N. The molecule has 1 aromatic carbocycles. The second-order valence-corrected chi connectivity index (χ2v) is 3.68. The third-order valence-electron chi connectivity index (χ3n) is 3.01. The zero-order valence-corrected chi connectivity index (χ0v) is 8.46. The second kappa shape index (κ2) is 3.41. The molecule has 2 rings (SSSR count). The molecular weight excluding hydrogens is 158 g/mol. The van der Waals surface area contributed by atoms with Crippen LogP contribution in [0.3, 0.4) is 0 Å². The normalized spacial score (nSPS) is 20.5. The number of para-hydroxylation sites is 1. The van der Waals surface area contributed by atoms with Gasteiger partial charge in [0, 0.05) is 18.3 Å². The van der Waals surface area contributed by atoms with E-state index in [0.29, 0.717) is 0 Å². The van der Waals surface area contributed by atoms with E-state index < -0.39 is 0 Å². The Bertz CT molecular complexity index is 293. The third kappa shape index (κ3) is 1.32. The minimum absolute atomic E-state index is 0.738. The Kier molecular flexibility index (Phi) is 2.26. The van der Waals surface area contributed by atoms with Crippen LogP contribution in [0, 0.1) is 0 Å². The number of anilines is 1. The molecule has 1 aliphatic heterocycles. The lowest BCUT2D eigenvalue weighted by Gasteiger charge is -2.24. The van der Waals surface area contributed by atoms with Gasteiger partial charge in [-0.15, -0.1) is 0 Å². The lowest BCUT2D eigenvalue weighted by molar-refractivity contribution is 0.615. The van der Waals surface area contributed by atoms with Crippen LogP contribution in [0.4, 0.5) is 5.69 Å². The molecule has 1 heteroatoms. The van der Waals surface area contributed by atoms with Gasteiger partial charge in [-0.05, 0) is 31.4 Å². The minimum Gasteiger partial charge on any atom is -0.368 e. The van der Waals surface area contributed by atoms with E-state index in [1.165, 1.54) is 24.1 Å². The van der Waals surface area contributed by atoms with Crippen LogP contribution >= 0.6 is 0 Å². The van der Waals surface area contributed by atoms with Crippen molar-refractivity contribution in [2.75, 3.05) is 11.4 Å². The van der Waals surface area contributed by atoms with Gasteiger partial charge in [-0.2, -0.15) is 0 Å². The largest absolute Gasteiger partial charge is 0.368 e. The third-order valence-corrected chi connectivity index (χ3v) is 3.01. The smallest absolute Gasteiger partial charge is 0.0402 e. The molecule has 0 unspecified atom stereocenters. The fourth-order valence-electron chi connectivity index (χ4n) is 2.32. The molecule has 0 spiro atoms. The lowest BCUT2D eigenvalue weighted by atomic mass is 10.1. The van der Waals surface area contributed by atoms with Crippen LogP contribution in [0.5, 0.6) is 0 Å². The van der Waals surface area contributed by atoms with E-state index in [0.717, 1.165) is 12.6 Å². The van der Waals surface area contributed by atoms with Crippen molar-refractivity contribution in [3.05, 3.63) is 29.8 Å². The molecule has 1 nitrogen and oxygen atoms in total. The molecule has 1 atom stereocenters. The molecule has 0 fully saturated rings. The lowest BCUT2D eigenvalue weighted by Crippen LogP contribution is -2.30. The highest BCUT2D eigenvalue weighted by molar-refractivity contribution is 5.59. The summed E-state index contributed by atoms with van der Waals surface area (Å²) in [5.41, 5.74) is 2.98. The zero-order valence-electron chi connectivity index (χ0n) is 8.46. The van der Waals surface area contributed by atoms with Crippen LogP contribution < -0.4 is 4.90 Å². The van der Waals surface area contributed by atoms with E-state index in [9.17, 15) is 0 Å². The molecule has 0 aromatic heterocycles. The highest BCUT2D eigenvalue weighted by Crippen LogP contribution is 2.32. The summed E-state index contributed by atoms with van der Waals surface area (Å²) in [5.74, 6) is 0. The summed E-state index contributed by atoms with van der Waals surface area (Å²) in [5, 5.41) is 0. The van der Waals surface area contributed by atoms with E-state index >= 15 is 0 Å². The SMILES string of the molecule is CC[C@@H]1Cc2ccccc2N1CC. The Morgan fingerprint density at radius 3 is 2.77 bits per heavy atom. The molecule has 0 bridgehead atoms. The number of hydrogen-bond acceptors (Lipinski definition) is 1. The van der Waals surface area contributed by atoms with Crippen molar-refractivity contribution < 1.29 is 0 Å². The Hall–Kier alpha value is -0.980. The van der Waals surface area contributed by atoms with Gasteiger partial charge >= 0.3 is 0 Å². The first-order valence-corrected chi connectivity index (χ1v) is 5.21. The second-order valence-electron chi connectivity index (χ2n) is 3.68. The predicted octanol–water partition coefficient (Wildman–Crippen LogP) is 2.85. The van der Waals surface area contributed by atoms with E-state index in [-0.39, 0.29) is 0 Å². The maximum atomic E-state index is 2.52. The first kappa shape index (κ1) is 8.61. The monoisotopic (exact) mass is 175 g/mol. The summed E-state index contributed by atoms with van der Waals surface area (Å²) in [4.78, 5) is 2.52. The number of rotatable bonds is 2. The van der Waals surface area contributed by atoms with Crippen molar-refractivity contribution in [2.24, 2.45) is 0 Å². The van der Waals surface area contributed by atoms with Crippen LogP contribution in [-0.4, -0.2) is 12.6 Å². The predicted molar refractivity (Wildman–Crippen MR) is 57.2 cm³/mol. The van der Waals surface area contributed by atoms with Gasteiger partial charge in [-0.25, -0.2) is 0 Å². The van der Waals surface area contributed by atoms with Crippen molar-refractivity contribution in [1.29, 1.82) is 0 Å². The number of fused-ring (bicyclic) bond motifs is 1. The highest BCUT2D eigenvalue weighted by Gasteiger charge is 2.25. The van der Waals surface area contributed by atoms with E-state index in [2.05, 4.69) is 43.0 Å². The summed E-state index contributed by atoms with van der Waals surface area (Å²) >= 11 is 0. The van der Waals surface area contributed by atoms with Crippen LogP contribution in [-0.2, 0) is 6.42 Å². The summed E-state index contributed by atoms with van der Waals surface area (Å²) in [6, 6.07) is 9.52. The van der Waals surface area contributed by atoms with Crippen LogP contribution in [0.1, 0.15) is 25.8 Å². The van der Waals surface area contributed by atoms with Crippen molar-refractivity contribution in [3.63, 3.8) is 0 Å². The number of nitrogens with zero attached hydrogens (tertiary/aromatic N) is 1. The zero-order chi connectivity index (χ0) is 9.26. The molecule has 0 N–H and O–H groups in total. The fourth-order valence-corrected chi connectivity index (χ4v) is 2.32. The molecule has 1 heterocycles. The van der Waals surface area contributed by atoms with E-state index in [1.54, 1.807) is 0 Å². The van der Waals surface area contributed by atoms with Crippen LogP contribution in [0.15, 0.2) is 24.3 Å². The van der Waals surface area contributed by atoms with Crippen LogP contribution in [0.2, 0.25) is 0 Å². The molecule has 0 saturated carbocycles. The molecule has 0 aliphatic carbocycles. The molecule has 0 saturated heterocycles. The average Bonchev–Trinajstić information content (AvgIpc) is 2.55. The molecule has 70 valence electrons. The van der Waals surface area contributed by atoms with Gasteiger partial charge in [0.15, 0.2) is 0 Å². The van der Waals surface area contributed by atoms with Gasteiger partial charge in [0.1, 0.15) is 0 Å². The molecule has 1 aliphatic rings. The molecule has 0 radical (unpaired) electrons. The number of hydrogen-bond donors (Lipinski definition) is 0. The van der Waals surface area contributed by atoms with E-state index in [1.807, 2.05) is 0 Å². The molecule has 1 aromatic rings. The van der Waals surface area contributed by atoms with Crippen molar-refractivity contribution in [1.82, 2.24) is 0 Å².